The lowest BCUT2D eigenvalue weighted by Gasteiger charge is -2.41. The van der Waals surface area contributed by atoms with Gasteiger partial charge < -0.3 is 4.90 Å². The molecular formula is C18H30BrNO. The molecule has 3 fully saturated rings. The summed E-state index contributed by atoms with van der Waals surface area (Å²) in [7, 11) is 0. The summed E-state index contributed by atoms with van der Waals surface area (Å²) >= 11 is 3.70. The number of likely N-dealkylation sites (tertiary alicyclic amines) is 1. The largest absolute Gasteiger partial charge is 0.342 e. The third-order valence-corrected chi connectivity index (χ3v) is 7.14. The molecule has 1 amide bonds. The van der Waals surface area contributed by atoms with E-state index in [1.165, 1.54) is 51.4 Å². The van der Waals surface area contributed by atoms with Crippen LogP contribution in [0.1, 0.15) is 64.7 Å². The van der Waals surface area contributed by atoms with Crippen molar-refractivity contribution in [2.24, 2.45) is 23.7 Å². The number of hydrogen-bond acceptors (Lipinski definition) is 1. The van der Waals surface area contributed by atoms with E-state index in [1.54, 1.807) is 0 Å². The van der Waals surface area contributed by atoms with Crippen molar-refractivity contribution in [3.05, 3.63) is 0 Å². The molecule has 1 saturated heterocycles. The van der Waals surface area contributed by atoms with Crippen LogP contribution in [0.25, 0.3) is 0 Å². The molecule has 2 aliphatic carbocycles. The van der Waals surface area contributed by atoms with Gasteiger partial charge in [-0.05, 0) is 49.9 Å². The summed E-state index contributed by atoms with van der Waals surface area (Å²) in [6.45, 7) is 4.22. The number of nitrogens with zero attached hydrogens (tertiary/aromatic N) is 1. The van der Waals surface area contributed by atoms with E-state index in [0.29, 0.717) is 16.7 Å². The van der Waals surface area contributed by atoms with E-state index in [2.05, 4.69) is 27.8 Å². The third kappa shape index (κ3) is 3.65. The Kier molecular flexibility index (Phi) is 5.29. The van der Waals surface area contributed by atoms with Gasteiger partial charge in [-0.2, -0.15) is 0 Å². The fourth-order valence-corrected chi connectivity index (χ4v) is 5.46. The molecule has 21 heavy (non-hydrogen) atoms. The average molecular weight is 356 g/mol. The SMILES string of the molecule is CC(Br)C1CCN(C(=O)C2CCC3CCCCC3C2)CC1. The van der Waals surface area contributed by atoms with Crippen molar-refractivity contribution in [1.82, 2.24) is 4.90 Å². The fraction of sp³-hybridized carbons (Fsp3) is 0.944. The number of amides is 1. The first-order valence-corrected chi connectivity index (χ1v) is 9.99. The predicted molar refractivity (Wildman–Crippen MR) is 90.5 cm³/mol. The summed E-state index contributed by atoms with van der Waals surface area (Å²) in [5, 5.41) is 0. The van der Waals surface area contributed by atoms with Gasteiger partial charge >= 0.3 is 0 Å². The summed E-state index contributed by atoms with van der Waals surface area (Å²) in [6, 6.07) is 0. The molecule has 3 aliphatic rings. The van der Waals surface area contributed by atoms with E-state index in [4.69, 9.17) is 0 Å². The van der Waals surface area contributed by atoms with E-state index in [1.807, 2.05) is 0 Å². The number of piperidine rings is 1. The van der Waals surface area contributed by atoms with Crippen LogP contribution in [0.4, 0.5) is 0 Å². The van der Waals surface area contributed by atoms with E-state index in [9.17, 15) is 4.79 Å². The lowest BCUT2D eigenvalue weighted by molar-refractivity contribution is -0.139. The van der Waals surface area contributed by atoms with Crippen LogP contribution in [0.3, 0.4) is 0 Å². The number of fused-ring (bicyclic) bond motifs is 1. The highest BCUT2D eigenvalue weighted by Crippen LogP contribution is 2.43. The van der Waals surface area contributed by atoms with Crippen molar-refractivity contribution in [2.45, 2.75) is 69.5 Å². The van der Waals surface area contributed by atoms with Crippen LogP contribution in [0.2, 0.25) is 0 Å². The molecule has 2 saturated carbocycles. The molecule has 0 aromatic heterocycles. The minimum atomic E-state index is 0.349. The second-order valence-electron chi connectivity index (χ2n) is 7.65. The van der Waals surface area contributed by atoms with Crippen molar-refractivity contribution >= 4 is 21.8 Å². The molecule has 3 heteroatoms. The maximum atomic E-state index is 12.8. The predicted octanol–water partition coefficient (Wildman–Crippen LogP) is 4.61. The van der Waals surface area contributed by atoms with Crippen LogP contribution < -0.4 is 0 Å². The van der Waals surface area contributed by atoms with Gasteiger partial charge in [0.1, 0.15) is 0 Å². The van der Waals surface area contributed by atoms with Crippen LogP contribution in [0.15, 0.2) is 0 Å². The van der Waals surface area contributed by atoms with Crippen LogP contribution in [-0.4, -0.2) is 28.7 Å². The normalized spacial score (nSPS) is 36.1. The molecule has 4 atom stereocenters. The maximum absolute atomic E-state index is 12.8. The number of alkyl halides is 1. The molecule has 0 aromatic carbocycles. The highest BCUT2D eigenvalue weighted by atomic mass is 79.9. The summed E-state index contributed by atoms with van der Waals surface area (Å²) in [6.07, 6.45) is 11.7. The first-order chi connectivity index (χ1) is 10.1. The Morgan fingerprint density at radius 3 is 2.33 bits per heavy atom. The van der Waals surface area contributed by atoms with Gasteiger partial charge in [-0.25, -0.2) is 0 Å². The molecule has 120 valence electrons. The van der Waals surface area contributed by atoms with Gasteiger partial charge in [-0.1, -0.05) is 48.5 Å². The number of rotatable bonds is 2. The first kappa shape index (κ1) is 15.8. The molecule has 0 radical (unpaired) electrons. The second-order valence-corrected chi connectivity index (χ2v) is 9.10. The summed E-state index contributed by atoms with van der Waals surface area (Å²) < 4.78 is 0. The van der Waals surface area contributed by atoms with Crippen LogP contribution in [0, 0.1) is 23.7 Å². The molecule has 2 nitrogen and oxygen atoms in total. The Morgan fingerprint density at radius 1 is 1.00 bits per heavy atom. The van der Waals surface area contributed by atoms with Gasteiger partial charge in [0.2, 0.25) is 5.91 Å². The Hall–Kier alpha value is -0.0500. The summed E-state index contributed by atoms with van der Waals surface area (Å²) in [5.41, 5.74) is 0. The van der Waals surface area contributed by atoms with Gasteiger partial charge in [-0.15, -0.1) is 0 Å². The maximum Gasteiger partial charge on any atom is 0.225 e. The van der Waals surface area contributed by atoms with Crippen molar-refractivity contribution in [3.63, 3.8) is 0 Å². The minimum Gasteiger partial charge on any atom is -0.342 e. The van der Waals surface area contributed by atoms with Gasteiger partial charge in [0.25, 0.3) is 0 Å². The number of carbonyl (C=O) groups excluding carboxylic acids is 1. The van der Waals surface area contributed by atoms with E-state index >= 15 is 0 Å². The summed E-state index contributed by atoms with van der Waals surface area (Å²) in [5.74, 6) is 3.40. The minimum absolute atomic E-state index is 0.349. The van der Waals surface area contributed by atoms with Crippen molar-refractivity contribution in [1.29, 1.82) is 0 Å². The molecule has 4 unspecified atom stereocenters. The van der Waals surface area contributed by atoms with E-state index in [0.717, 1.165) is 37.3 Å². The zero-order valence-electron chi connectivity index (χ0n) is 13.4. The molecule has 0 bridgehead atoms. The molecule has 0 aromatic rings. The average Bonchev–Trinajstić information content (AvgIpc) is 2.54. The first-order valence-electron chi connectivity index (χ1n) is 9.08. The van der Waals surface area contributed by atoms with Crippen molar-refractivity contribution in [2.75, 3.05) is 13.1 Å². The number of carbonyl (C=O) groups is 1. The van der Waals surface area contributed by atoms with Crippen LogP contribution >= 0.6 is 15.9 Å². The lowest BCUT2D eigenvalue weighted by atomic mass is 9.67. The highest BCUT2D eigenvalue weighted by Gasteiger charge is 2.37. The van der Waals surface area contributed by atoms with E-state index in [-0.39, 0.29) is 0 Å². The number of hydrogen-bond donors (Lipinski definition) is 0. The fourth-order valence-electron chi connectivity index (χ4n) is 4.94. The quantitative estimate of drug-likeness (QED) is 0.662. The Morgan fingerprint density at radius 2 is 1.67 bits per heavy atom. The molecule has 1 aliphatic heterocycles. The zero-order valence-corrected chi connectivity index (χ0v) is 15.0. The van der Waals surface area contributed by atoms with Crippen molar-refractivity contribution in [3.8, 4) is 0 Å². The van der Waals surface area contributed by atoms with Gasteiger partial charge in [0.15, 0.2) is 0 Å². The standard InChI is InChI=1S/C18H30BrNO/c1-13(19)14-8-10-20(11-9-14)18(21)17-7-6-15-4-2-3-5-16(15)12-17/h13-17H,2-12H2,1H3. The Labute approximate surface area is 138 Å². The van der Waals surface area contributed by atoms with Gasteiger partial charge in [0.05, 0.1) is 0 Å². The van der Waals surface area contributed by atoms with Crippen LogP contribution in [0.5, 0.6) is 0 Å². The molecule has 3 rings (SSSR count). The summed E-state index contributed by atoms with van der Waals surface area (Å²) in [4.78, 5) is 15.6. The van der Waals surface area contributed by atoms with E-state index < -0.39 is 0 Å². The molecule has 1 heterocycles. The molecule has 0 spiro atoms. The van der Waals surface area contributed by atoms with Gasteiger partial charge in [0, 0.05) is 23.8 Å². The second kappa shape index (κ2) is 7.02. The molecule has 0 N–H and O–H groups in total. The monoisotopic (exact) mass is 355 g/mol. The van der Waals surface area contributed by atoms with Crippen LogP contribution in [-0.2, 0) is 4.79 Å². The smallest absolute Gasteiger partial charge is 0.225 e. The topological polar surface area (TPSA) is 20.3 Å². The van der Waals surface area contributed by atoms with Crippen molar-refractivity contribution < 1.29 is 4.79 Å². The Balaban J connectivity index is 1.52. The lowest BCUT2D eigenvalue weighted by Crippen LogP contribution is -2.44. The zero-order chi connectivity index (χ0) is 14.8. The third-order valence-electron chi connectivity index (χ3n) is 6.39. The Bertz CT molecular complexity index is 362. The number of halogens is 1. The van der Waals surface area contributed by atoms with Gasteiger partial charge in [-0.3, -0.25) is 4.79 Å². The molecular weight excluding hydrogens is 326 g/mol. The highest BCUT2D eigenvalue weighted by molar-refractivity contribution is 9.09.